The van der Waals surface area contributed by atoms with E-state index in [1.54, 1.807) is 0 Å². The molecule has 6 nitrogen and oxygen atoms in total. The predicted molar refractivity (Wildman–Crippen MR) is 103 cm³/mol. The van der Waals surface area contributed by atoms with Crippen molar-refractivity contribution in [2.24, 2.45) is 0 Å². The zero-order chi connectivity index (χ0) is 19.7. The lowest BCUT2D eigenvalue weighted by atomic mass is 9.98. The molecular formula is C22H23NO5. The Morgan fingerprint density at radius 2 is 1.68 bits per heavy atom. The number of carbonyl (C=O) groups is 2. The fourth-order valence-electron chi connectivity index (χ4n) is 4.20. The van der Waals surface area contributed by atoms with Crippen molar-refractivity contribution in [3.8, 4) is 11.1 Å². The summed E-state index contributed by atoms with van der Waals surface area (Å²) in [6.45, 7) is 0.456. The number of nitrogens with zero attached hydrogens (tertiary/aromatic N) is 1. The zero-order valence-corrected chi connectivity index (χ0v) is 15.7. The largest absolute Gasteiger partial charge is 0.467 e. The number of fused-ring (bicyclic) bond motifs is 3. The van der Waals surface area contributed by atoms with Crippen molar-refractivity contribution in [1.82, 2.24) is 4.90 Å². The summed E-state index contributed by atoms with van der Waals surface area (Å²) in [4.78, 5) is 26.1. The second-order valence-electron chi connectivity index (χ2n) is 7.21. The van der Waals surface area contributed by atoms with E-state index in [4.69, 9.17) is 9.47 Å². The monoisotopic (exact) mass is 381 g/mol. The topological polar surface area (TPSA) is 76.1 Å². The van der Waals surface area contributed by atoms with Gasteiger partial charge in [0.25, 0.3) is 0 Å². The van der Waals surface area contributed by atoms with E-state index in [-0.39, 0.29) is 25.5 Å². The van der Waals surface area contributed by atoms with Crippen LogP contribution < -0.4 is 0 Å². The zero-order valence-electron chi connectivity index (χ0n) is 15.7. The van der Waals surface area contributed by atoms with Crippen LogP contribution in [0.15, 0.2) is 48.5 Å². The molecule has 0 spiro atoms. The van der Waals surface area contributed by atoms with Crippen molar-refractivity contribution in [3.05, 3.63) is 59.7 Å². The molecule has 1 saturated heterocycles. The van der Waals surface area contributed by atoms with Crippen LogP contribution in [0.4, 0.5) is 4.79 Å². The number of carbonyl (C=O) groups excluding carboxylic acids is 2. The van der Waals surface area contributed by atoms with Gasteiger partial charge < -0.3 is 14.6 Å². The number of hydrogen-bond donors (Lipinski definition) is 1. The summed E-state index contributed by atoms with van der Waals surface area (Å²) in [5, 5.41) is 9.86. The summed E-state index contributed by atoms with van der Waals surface area (Å²) < 4.78 is 10.4. The third-order valence-electron chi connectivity index (χ3n) is 5.62. The van der Waals surface area contributed by atoms with E-state index < -0.39 is 24.2 Å². The van der Waals surface area contributed by atoms with E-state index >= 15 is 0 Å². The lowest BCUT2D eigenvalue weighted by molar-refractivity contribution is -0.149. The van der Waals surface area contributed by atoms with E-state index in [0.717, 1.165) is 22.3 Å². The van der Waals surface area contributed by atoms with Gasteiger partial charge in [0.05, 0.1) is 13.2 Å². The molecule has 4 rings (SSSR count). The van der Waals surface area contributed by atoms with Gasteiger partial charge in [0.2, 0.25) is 0 Å². The van der Waals surface area contributed by atoms with Crippen LogP contribution in [0.2, 0.25) is 0 Å². The highest BCUT2D eigenvalue weighted by atomic mass is 16.6. The van der Waals surface area contributed by atoms with Gasteiger partial charge in [-0.2, -0.15) is 0 Å². The van der Waals surface area contributed by atoms with Gasteiger partial charge in [0.15, 0.2) is 0 Å². The van der Waals surface area contributed by atoms with Crippen molar-refractivity contribution < 1.29 is 24.2 Å². The second kappa shape index (κ2) is 7.64. The lowest BCUT2D eigenvalue weighted by Crippen LogP contribution is -2.52. The normalized spacial score (nSPS) is 21.0. The number of methoxy groups -OCH3 is 1. The Morgan fingerprint density at radius 1 is 1.07 bits per heavy atom. The molecule has 0 bridgehead atoms. The number of rotatable bonds is 3. The van der Waals surface area contributed by atoms with Crippen molar-refractivity contribution >= 4 is 12.1 Å². The SMILES string of the molecule is COC(=O)[C@@H]1C[C@@H](O)CCN1C(=O)OCC1c2ccccc2-c2ccccc21. The summed E-state index contributed by atoms with van der Waals surface area (Å²) in [6.07, 6.45) is -0.597. The molecule has 2 atom stereocenters. The molecule has 0 unspecified atom stereocenters. The molecule has 2 aliphatic rings. The first-order valence-electron chi connectivity index (χ1n) is 9.47. The third kappa shape index (κ3) is 3.24. The highest BCUT2D eigenvalue weighted by molar-refractivity contribution is 5.82. The highest BCUT2D eigenvalue weighted by Crippen LogP contribution is 2.44. The van der Waals surface area contributed by atoms with Gasteiger partial charge in [0.1, 0.15) is 12.6 Å². The van der Waals surface area contributed by atoms with Crippen LogP contribution in [-0.4, -0.2) is 54.5 Å². The van der Waals surface area contributed by atoms with E-state index in [1.165, 1.54) is 12.0 Å². The van der Waals surface area contributed by atoms with Crippen LogP contribution in [0, 0.1) is 0 Å². The molecular weight excluding hydrogens is 358 g/mol. The number of aliphatic hydroxyl groups excluding tert-OH is 1. The molecule has 28 heavy (non-hydrogen) atoms. The summed E-state index contributed by atoms with van der Waals surface area (Å²) >= 11 is 0. The van der Waals surface area contributed by atoms with Gasteiger partial charge in [-0.15, -0.1) is 0 Å². The van der Waals surface area contributed by atoms with Crippen molar-refractivity contribution in [2.45, 2.75) is 30.9 Å². The van der Waals surface area contributed by atoms with Crippen LogP contribution in [0.25, 0.3) is 11.1 Å². The summed E-state index contributed by atoms with van der Waals surface area (Å²) in [6, 6.07) is 15.4. The van der Waals surface area contributed by atoms with E-state index in [1.807, 2.05) is 24.3 Å². The quantitative estimate of drug-likeness (QED) is 0.828. The van der Waals surface area contributed by atoms with Gasteiger partial charge in [-0.05, 0) is 28.7 Å². The van der Waals surface area contributed by atoms with Gasteiger partial charge >= 0.3 is 12.1 Å². The van der Waals surface area contributed by atoms with E-state index in [9.17, 15) is 14.7 Å². The van der Waals surface area contributed by atoms with Crippen LogP contribution in [0.1, 0.15) is 29.9 Å². The van der Waals surface area contributed by atoms with Crippen LogP contribution in [0.5, 0.6) is 0 Å². The van der Waals surface area contributed by atoms with Crippen molar-refractivity contribution in [3.63, 3.8) is 0 Å². The number of likely N-dealkylation sites (tertiary alicyclic amines) is 1. The van der Waals surface area contributed by atoms with Gasteiger partial charge in [-0.3, -0.25) is 4.90 Å². The van der Waals surface area contributed by atoms with Gasteiger partial charge in [-0.1, -0.05) is 48.5 Å². The van der Waals surface area contributed by atoms with Crippen molar-refractivity contribution in [1.29, 1.82) is 0 Å². The average molecular weight is 381 g/mol. The lowest BCUT2D eigenvalue weighted by Gasteiger charge is -2.35. The first-order chi connectivity index (χ1) is 13.6. The number of hydrogen-bond acceptors (Lipinski definition) is 5. The van der Waals surface area contributed by atoms with E-state index in [0.29, 0.717) is 6.42 Å². The molecule has 1 amide bonds. The Balaban J connectivity index is 1.51. The van der Waals surface area contributed by atoms with E-state index in [2.05, 4.69) is 24.3 Å². The molecule has 0 saturated carbocycles. The molecule has 1 heterocycles. The Hall–Kier alpha value is -2.86. The molecule has 2 aromatic carbocycles. The molecule has 1 N–H and O–H groups in total. The predicted octanol–water partition coefficient (Wildman–Crippen LogP) is 2.93. The van der Waals surface area contributed by atoms with Crippen molar-refractivity contribution in [2.75, 3.05) is 20.3 Å². The minimum absolute atomic E-state index is 0.0386. The summed E-state index contributed by atoms with van der Waals surface area (Å²) in [7, 11) is 1.28. The maximum atomic E-state index is 12.7. The molecule has 146 valence electrons. The average Bonchev–Trinajstić information content (AvgIpc) is 3.05. The van der Waals surface area contributed by atoms with Crippen LogP contribution >= 0.6 is 0 Å². The second-order valence-corrected chi connectivity index (χ2v) is 7.21. The minimum Gasteiger partial charge on any atom is -0.467 e. The van der Waals surface area contributed by atoms with Gasteiger partial charge in [-0.25, -0.2) is 9.59 Å². The molecule has 2 aromatic rings. The number of esters is 1. The maximum absolute atomic E-state index is 12.7. The fourth-order valence-corrected chi connectivity index (χ4v) is 4.20. The fraction of sp³-hybridized carbons (Fsp3) is 0.364. The number of piperidine rings is 1. The van der Waals surface area contributed by atoms with Crippen LogP contribution in [0.3, 0.4) is 0 Å². The number of ether oxygens (including phenoxy) is 2. The number of amides is 1. The standard InChI is InChI=1S/C22H23NO5/c1-27-21(25)20-12-14(24)10-11-23(20)22(26)28-13-19-17-8-4-2-6-15(17)16-7-3-5-9-18(16)19/h2-9,14,19-20,24H,10-13H2,1H3/t14-,20-/m0/s1. The Morgan fingerprint density at radius 3 is 2.29 bits per heavy atom. The first-order valence-corrected chi connectivity index (χ1v) is 9.47. The highest BCUT2D eigenvalue weighted by Gasteiger charge is 2.38. The third-order valence-corrected chi connectivity index (χ3v) is 5.62. The molecule has 0 aromatic heterocycles. The molecule has 6 heteroatoms. The number of benzene rings is 2. The molecule has 1 fully saturated rings. The Bertz CT molecular complexity index is 851. The van der Waals surface area contributed by atoms with Gasteiger partial charge in [0, 0.05) is 18.9 Å². The first kappa shape index (κ1) is 18.5. The summed E-state index contributed by atoms with van der Waals surface area (Å²) in [5.41, 5.74) is 4.59. The Labute approximate surface area is 163 Å². The number of aliphatic hydroxyl groups is 1. The molecule has 1 aliphatic carbocycles. The minimum atomic E-state index is -0.815. The molecule has 1 aliphatic heterocycles. The smallest absolute Gasteiger partial charge is 0.410 e. The Kier molecular flexibility index (Phi) is 5.05. The van der Waals surface area contributed by atoms with Crippen LogP contribution in [-0.2, 0) is 14.3 Å². The maximum Gasteiger partial charge on any atom is 0.410 e. The summed E-state index contributed by atoms with van der Waals surface area (Å²) in [5.74, 6) is -0.574. The molecule has 0 radical (unpaired) electrons.